The predicted octanol–water partition coefficient (Wildman–Crippen LogP) is 7.79. The van der Waals surface area contributed by atoms with E-state index in [1.165, 1.54) is 42.6 Å². The molecule has 0 fully saturated rings. The summed E-state index contributed by atoms with van der Waals surface area (Å²) in [6, 6.07) is 19.7. The van der Waals surface area contributed by atoms with Gasteiger partial charge in [-0.25, -0.2) is 4.90 Å². The first kappa shape index (κ1) is 28.6. The van der Waals surface area contributed by atoms with E-state index in [1.807, 2.05) is 24.3 Å². The Morgan fingerprint density at radius 3 is 1.69 bits per heavy atom. The van der Waals surface area contributed by atoms with Gasteiger partial charge in [0.15, 0.2) is 0 Å². The molecule has 2 amide bonds. The number of pyridine rings is 1. The molecule has 0 atom stereocenters. The molecule has 1 N–H and O–H groups in total. The number of amides is 2. The Bertz CT molecular complexity index is 1480. The number of hydrogen-bond acceptors (Lipinski definition) is 4. The molecule has 4 aromatic rings. The average molecular weight is 602 g/mol. The minimum Gasteiger partial charge on any atom is -0.481 e. The van der Waals surface area contributed by atoms with Crippen molar-refractivity contribution in [2.45, 2.75) is 19.3 Å². The average Bonchev–Trinajstić information content (AvgIpc) is 2.92. The summed E-state index contributed by atoms with van der Waals surface area (Å²) in [5.74, 6) is -2.10. The first-order chi connectivity index (χ1) is 18.6. The molecule has 4 rings (SSSR count). The quantitative estimate of drug-likeness (QED) is 0.208. The summed E-state index contributed by atoms with van der Waals surface area (Å²) in [7, 11) is 0. The van der Waals surface area contributed by atoms with Crippen molar-refractivity contribution in [2.24, 2.45) is 0 Å². The lowest BCUT2D eigenvalue weighted by molar-refractivity contribution is -0.136. The molecule has 0 spiro atoms. The Labute approximate surface area is 244 Å². The van der Waals surface area contributed by atoms with E-state index in [2.05, 4.69) is 4.98 Å². The second kappa shape index (κ2) is 12.6. The van der Waals surface area contributed by atoms with Crippen LogP contribution in [0.4, 0.5) is 5.69 Å². The third-order valence-electron chi connectivity index (χ3n) is 5.84. The smallest absolute Gasteiger partial charge is 0.303 e. The Kier molecular flexibility index (Phi) is 9.25. The van der Waals surface area contributed by atoms with Gasteiger partial charge in [0, 0.05) is 29.7 Å². The molecule has 0 aliphatic carbocycles. The van der Waals surface area contributed by atoms with Crippen molar-refractivity contribution in [3.8, 4) is 0 Å². The Balaban J connectivity index is 1.61. The number of carboxylic acids is 1. The highest BCUT2D eigenvalue weighted by Crippen LogP contribution is 2.28. The number of carboxylic acid groups (broad SMARTS) is 1. The summed E-state index contributed by atoms with van der Waals surface area (Å²) < 4.78 is 0. The predicted molar refractivity (Wildman–Crippen MR) is 154 cm³/mol. The zero-order valence-electron chi connectivity index (χ0n) is 20.2. The molecular formula is C29H20Cl4N2O4. The molecule has 0 unspecified atom stereocenters. The largest absolute Gasteiger partial charge is 0.481 e. The lowest BCUT2D eigenvalue weighted by atomic mass is 10.0. The van der Waals surface area contributed by atoms with Crippen molar-refractivity contribution in [3.63, 3.8) is 0 Å². The number of hydrogen-bond donors (Lipinski definition) is 1. The molecule has 0 bridgehead atoms. The topological polar surface area (TPSA) is 87.6 Å². The number of anilines is 1. The number of aryl methyl sites for hydroxylation is 1. The molecule has 0 radical (unpaired) electrons. The van der Waals surface area contributed by atoms with Gasteiger partial charge in [-0.1, -0.05) is 70.7 Å². The molecular weight excluding hydrogens is 582 g/mol. The number of imide groups is 1. The molecule has 0 saturated heterocycles. The molecule has 6 nitrogen and oxygen atoms in total. The van der Waals surface area contributed by atoms with Gasteiger partial charge >= 0.3 is 5.97 Å². The SMILES string of the molecule is O=C(O)CCc1ccc(Cc2ccc(N(C(=O)c3ccc(Cl)c(Cl)c3)C(=O)c3ccc(Cl)c(Cl)c3)cn2)cc1. The standard InChI is InChI=1S/C29H20Cl4N2O4/c30-23-10-6-19(14-25(23)32)28(38)35(29(39)20-7-11-24(31)26(33)15-20)22-9-8-21(34-16-22)13-18-3-1-17(2-4-18)5-12-27(36)37/h1-4,6-11,14-16H,5,12-13H2,(H,36,37). The number of carbonyl (C=O) groups excluding carboxylic acids is 2. The van der Waals surface area contributed by atoms with E-state index in [4.69, 9.17) is 51.5 Å². The number of rotatable bonds is 8. The zero-order valence-corrected chi connectivity index (χ0v) is 23.2. The second-order valence-electron chi connectivity index (χ2n) is 8.60. The number of aliphatic carboxylic acids is 1. The van der Waals surface area contributed by atoms with Crippen LogP contribution in [0.3, 0.4) is 0 Å². The molecule has 0 saturated carbocycles. The van der Waals surface area contributed by atoms with E-state index in [0.717, 1.165) is 16.0 Å². The molecule has 1 aromatic heterocycles. The highest BCUT2D eigenvalue weighted by Gasteiger charge is 2.27. The molecule has 1 heterocycles. The van der Waals surface area contributed by atoms with E-state index in [-0.39, 0.29) is 43.3 Å². The van der Waals surface area contributed by atoms with Crippen LogP contribution in [0.25, 0.3) is 0 Å². The lowest BCUT2D eigenvalue weighted by Gasteiger charge is -2.21. The molecule has 0 aliphatic heterocycles. The van der Waals surface area contributed by atoms with Crippen molar-refractivity contribution in [2.75, 3.05) is 4.90 Å². The van der Waals surface area contributed by atoms with Gasteiger partial charge in [0.1, 0.15) is 0 Å². The lowest BCUT2D eigenvalue weighted by Crippen LogP contribution is -2.37. The van der Waals surface area contributed by atoms with Crippen LogP contribution in [0.15, 0.2) is 79.0 Å². The van der Waals surface area contributed by atoms with Crippen LogP contribution < -0.4 is 4.90 Å². The summed E-state index contributed by atoms with van der Waals surface area (Å²) in [5, 5.41) is 9.75. The monoisotopic (exact) mass is 600 g/mol. The fraction of sp³-hybridized carbons (Fsp3) is 0.103. The summed E-state index contributed by atoms with van der Waals surface area (Å²) in [6.45, 7) is 0. The van der Waals surface area contributed by atoms with Crippen molar-refractivity contribution < 1.29 is 19.5 Å². The number of halogens is 4. The maximum atomic E-state index is 13.6. The second-order valence-corrected chi connectivity index (χ2v) is 10.2. The van der Waals surface area contributed by atoms with Crippen LogP contribution >= 0.6 is 46.4 Å². The van der Waals surface area contributed by atoms with Gasteiger partial charge in [-0.3, -0.25) is 19.4 Å². The molecule has 198 valence electrons. The Morgan fingerprint density at radius 2 is 1.23 bits per heavy atom. The van der Waals surface area contributed by atoms with Crippen LogP contribution in [-0.4, -0.2) is 27.9 Å². The van der Waals surface area contributed by atoms with Gasteiger partial charge in [0.2, 0.25) is 0 Å². The molecule has 3 aromatic carbocycles. The summed E-state index contributed by atoms with van der Waals surface area (Å²) in [6.07, 6.45) is 2.47. The first-order valence-corrected chi connectivity index (χ1v) is 13.2. The van der Waals surface area contributed by atoms with Crippen LogP contribution in [0.1, 0.15) is 44.0 Å². The molecule has 39 heavy (non-hydrogen) atoms. The van der Waals surface area contributed by atoms with Crippen LogP contribution in [0, 0.1) is 0 Å². The van der Waals surface area contributed by atoms with Crippen molar-refractivity contribution in [1.82, 2.24) is 4.98 Å². The van der Waals surface area contributed by atoms with E-state index in [1.54, 1.807) is 12.1 Å². The summed E-state index contributed by atoms with van der Waals surface area (Å²) in [4.78, 5) is 43.4. The fourth-order valence-corrected chi connectivity index (χ4v) is 4.38. The van der Waals surface area contributed by atoms with Crippen LogP contribution in [-0.2, 0) is 17.6 Å². The summed E-state index contributed by atoms with van der Waals surface area (Å²) >= 11 is 24.3. The minimum absolute atomic E-state index is 0.0702. The van der Waals surface area contributed by atoms with E-state index in [9.17, 15) is 14.4 Å². The number of carbonyl (C=O) groups is 3. The minimum atomic E-state index is -0.840. The van der Waals surface area contributed by atoms with Gasteiger partial charge < -0.3 is 5.11 Å². The van der Waals surface area contributed by atoms with Crippen LogP contribution in [0.5, 0.6) is 0 Å². The molecule has 10 heteroatoms. The first-order valence-electron chi connectivity index (χ1n) is 11.7. The van der Waals surface area contributed by atoms with E-state index in [0.29, 0.717) is 18.5 Å². The Hall–Kier alpha value is -3.42. The highest BCUT2D eigenvalue weighted by molar-refractivity contribution is 6.43. The molecule has 0 aliphatic rings. The van der Waals surface area contributed by atoms with Gasteiger partial charge in [-0.15, -0.1) is 0 Å². The van der Waals surface area contributed by atoms with Crippen molar-refractivity contribution >= 4 is 69.9 Å². The van der Waals surface area contributed by atoms with Gasteiger partial charge in [0.25, 0.3) is 11.8 Å². The number of nitrogens with zero attached hydrogens (tertiary/aromatic N) is 2. The maximum absolute atomic E-state index is 13.6. The highest BCUT2D eigenvalue weighted by atomic mass is 35.5. The van der Waals surface area contributed by atoms with Crippen molar-refractivity contribution in [1.29, 1.82) is 0 Å². The fourth-order valence-electron chi connectivity index (χ4n) is 3.78. The number of aromatic nitrogens is 1. The number of benzene rings is 3. The maximum Gasteiger partial charge on any atom is 0.303 e. The normalized spacial score (nSPS) is 10.8. The van der Waals surface area contributed by atoms with E-state index >= 15 is 0 Å². The van der Waals surface area contributed by atoms with Crippen LogP contribution in [0.2, 0.25) is 20.1 Å². The van der Waals surface area contributed by atoms with E-state index < -0.39 is 17.8 Å². The van der Waals surface area contributed by atoms with Crippen molar-refractivity contribution in [3.05, 3.63) is 127 Å². The zero-order chi connectivity index (χ0) is 28.1. The third-order valence-corrected chi connectivity index (χ3v) is 7.32. The summed E-state index contributed by atoms with van der Waals surface area (Å²) in [5.41, 5.74) is 3.18. The Morgan fingerprint density at radius 1 is 0.692 bits per heavy atom. The van der Waals surface area contributed by atoms with Gasteiger partial charge in [-0.05, 0) is 66.1 Å². The third kappa shape index (κ3) is 7.16. The van der Waals surface area contributed by atoms with Gasteiger partial charge in [-0.2, -0.15) is 0 Å². The van der Waals surface area contributed by atoms with Gasteiger partial charge in [0.05, 0.1) is 32.0 Å².